The fourth-order valence-electron chi connectivity index (χ4n) is 2.23. The summed E-state index contributed by atoms with van der Waals surface area (Å²) in [5.41, 5.74) is 1.05. The van der Waals surface area contributed by atoms with Crippen LogP contribution in [-0.4, -0.2) is 18.9 Å². The summed E-state index contributed by atoms with van der Waals surface area (Å²) in [5.74, 6) is 0.0803. The molecule has 1 aromatic carbocycles. The van der Waals surface area contributed by atoms with E-state index in [4.69, 9.17) is 0 Å². The first kappa shape index (κ1) is 13.3. The number of carbonyl (C=O) groups excluding carboxylic acids is 2. The van der Waals surface area contributed by atoms with E-state index in [1.807, 2.05) is 0 Å². The van der Waals surface area contributed by atoms with Gasteiger partial charge in [-0.05, 0) is 30.9 Å². The quantitative estimate of drug-likeness (QED) is 0.814. The second-order valence-electron chi connectivity index (χ2n) is 4.64. The molecule has 100 valence electrons. The lowest BCUT2D eigenvalue weighted by atomic mass is 10.0. The van der Waals surface area contributed by atoms with Crippen LogP contribution in [0.1, 0.15) is 29.6 Å². The van der Waals surface area contributed by atoms with Gasteiger partial charge in [0.05, 0.1) is 11.3 Å². The van der Waals surface area contributed by atoms with E-state index in [9.17, 15) is 9.59 Å². The zero-order valence-electron chi connectivity index (χ0n) is 11.0. The molecule has 0 saturated heterocycles. The maximum Gasteiger partial charge on any atom is 0.253 e. The number of carbonyl (C=O) groups is 2. The van der Waals surface area contributed by atoms with Gasteiger partial charge < -0.3 is 10.6 Å². The van der Waals surface area contributed by atoms with E-state index in [0.717, 1.165) is 12.8 Å². The molecule has 0 aliphatic heterocycles. The fraction of sp³-hybridized carbons (Fsp3) is 0.333. The zero-order valence-corrected chi connectivity index (χ0v) is 11.0. The summed E-state index contributed by atoms with van der Waals surface area (Å²) in [5, 5.41) is 5.39. The Morgan fingerprint density at radius 3 is 2.79 bits per heavy atom. The van der Waals surface area contributed by atoms with Gasteiger partial charge in [-0.2, -0.15) is 0 Å². The molecule has 0 radical (unpaired) electrons. The highest BCUT2D eigenvalue weighted by molar-refractivity contribution is 6.03. The minimum Gasteiger partial charge on any atom is -0.355 e. The average molecular weight is 258 g/mol. The van der Waals surface area contributed by atoms with Crippen molar-refractivity contribution in [3.63, 3.8) is 0 Å². The van der Waals surface area contributed by atoms with E-state index in [1.165, 1.54) is 0 Å². The van der Waals surface area contributed by atoms with Gasteiger partial charge in [0.25, 0.3) is 5.91 Å². The van der Waals surface area contributed by atoms with Crippen molar-refractivity contribution < 1.29 is 9.59 Å². The predicted octanol–water partition coefficient (Wildman–Crippen LogP) is 2.34. The molecule has 0 heterocycles. The number of rotatable bonds is 4. The summed E-state index contributed by atoms with van der Waals surface area (Å²) < 4.78 is 0. The molecule has 1 aliphatic rings. The Morgan fingerprint density at radius 2 is 2.11 bits per heavy atom. The molecule has 0 bridgehead atoms. The van der Waals surface area contributed by atoms with E-state index in [-0.39, 0.29) is 11.8 Å². The molecule has 0 saturated carbocycles. The second kappa shape index (κ2) is 6.18. The van der Waals surface area contributed by atoms with Crippen LogP contribution in [0.5, 0.6) is 0 Å². The normalized spacial score (nSPS) is 17.2. The molecule has 2 rings (SSSR count). The first-order valence-electron chi connectivity index (χ1n) is 6.48. The number of anilines is 1. The lowest BCUT2D eigenvalue weighted by Gasteiger charge is -2.11. The molecule has 19 heavy (non-hydrogen) atoms. The highest BCUT2D eigenvalue weighted by atomic mass is 16.2. The molecular weight excluding hydrogens is 240 g/mol. The largest absolute Gasteiger partial charge is 0.355 e. The van der Waals surface area contributed by atoms with Crippen LogP contribution in [-0.2, 0) is 4.79 Å². The van der Waals surface area contributed by atoms with Crippen molar-refractivity contribution in [3.8, 4) is 0 Å². The van der Waals surface area contributed by atoms with Gasteiger partial charge in [0.1, 0.15) is 0 Å². The number of allylic oxidation sites excluding steroid dienone is 2. The number of hydrogen-bond donors (Lipinski definition) is 2. The highest BCUT2D eigenvalue weighted by Crippen LogP contribution is 2.22. The van der Waals surface area contributed by atoms with Gasteiger partial charge in [0, 0.05) is 13.5 Å². The van der Waals surface area contributed by atoms with E-state index in [1.54, 1.807) is 31.3 Å². The molecule has 1 aliphatic carbocycles. The third kappa shape index (κ3) is 3.44. The predicted molar refractivity (Wildman–Crippen MR) is 74.9 cm³/mol. The molecule has 0 fully saturated rings. The Balaban J connectivity index is 2.03. The van der Waals surface area contributed by atoms with Gasteiger partial charge >= 0.3 is 0 Å². The van der Waals surface area contributed by atoms with Crippen molar-refractivity contribution in [1.29, 1.82) is 0 Å². The molecule has 1 unspecified atom stereocenters. The maximum absolute atomic E-state index is 12.0. The number of benzene rings is 1. The maximum atomic E-state index is 12.0. The monoisotopic (exact) mass is 258 g/mol. The van der Waals surface area contributed by atoms with Crippen LogP contribution in [0.25, 0.3) is 0 Å². The van der Waals surface area contributed by atoms with Crippen LogP contribution < -0.4 is 10.6 Å². The van der Waals surface area contributed by atoms with E-state index in [2.05, 4.69) is 22.8 Å². The smallest absolute Gasteiger partial charge is 0.253 e. The van der Waals surface area contributed by atoms with Gasteiger partial charge in [-0.15, -0.1) is 0 Å². The van der Waals surface area contributed by atoms with Crippen molar-refractivity contribution >= 4 is 17.5 Å². The van der Waals surface area contributed by atoms with Crippen LogP contribution in [0.3, 0.4) is 0 Å². The van der Waals surface area contributed by atoms with Gasteiger partial charge in [-0.25, -0.2) is 0 Å². The Hall–Kier alpha value is -2.10. The summed E-state index contributed by atoms with van der Waals surface area (Å²) in [4.78, 5) is 23.6. The highest BCUT2D eigenvalue weighted by Gasteiger charge is 2.16. The molecule has 0 aromatic heterocycles. The topological polar surface area (TPSA) is 58.2 Å². The summed E-state index contributed by atoms with van der Waals surface area (Å²) in [7, 11) is 1.57. The standard InChI is InChI=1S/C15H18N2O2/c1-16-15(19)12-8-4-5-9-13(12)17-14(18)10-11-6-2-3-7-11/h2,4-6,8-9,11H,3,7,10H2,1H3,(H,16,19)(H,17,18). The van der Waals surface area contributed by atoms with Crippen molar-refractivity contribution in [2.75, 3.05) is 12.4 Å². The molecule has 2 N–H and O–H groups in total. The molecule has 4 nitrogen and oxygen atoms in total. The number of nitrogens with one attached hydrogen (secondary N) is 2. The summed E-state index contributed by atoms with van der Waals surface area (Å²) >= 11 is 0. The summed E-state index contributed by atoms with van der Waals surface area (Å²) in [6, 6.07) is 7.02. The van der Waals surface area contributed by atoms with Crippen molar-refractivity contribution in [3.05, 3.63) is 42.0 Å². The van der Waals surface area contributed by atoms with Gasteiger partial charge in [0.15, 0.2) is 0 Å². The van der Waals surface area contributed by atoms with Crippen molar-refractivity contribution in [1.82, 2.24) is 5.32 Å². The van der Waals surface area contributed by atoms with Crippen LogP contribution in [0, 0.1) is 5.92 Å². The zero-order chi connectivity index (χ0) is 13.7. The number of para-hydroxylation sites is 1. The molecule has 2 amide bonds. The second-order valence-corrected chi connectivity index (χ2v) is 4.64. The summed E-state index contributed by atoms with van der Waals surface area (Å²) in [6.45, 7) is 0. The summed E-state index contributed by atoms with van der Waals surface area (Å²) in [6.07, 6.45) is 6.75. The molecule has 4 heteroatoms. The van der Waals surface area contributed by atoms with E-state index >= 15 is 0 Å². The van der Waals surface area contributed by atoms with Crippen LogP contribution in [0.2, 0.25) is 0 Å². The number of amides is 2. The first-order chi connectivity index (χ1) is 9.20. The third-order valence-electron chi connectivity index (χ3n) is 3.23. The average Bonchev–Trinajstić information content (AvgIpc) is 2.91. The van der Waals surface area contributed by atoms with Gasteiger partial charge in [0.2, 0.25) is 5.91 Å². The SMILES string of the molecule is CNC(=O)c1ccccc1NC(=O)CC1C=CCC1. The lowest BCUT2D eigenvalue weighted by molar-refractivity contribution is -0.116. The van der Waals surface area contributed by atoms with Crippen LogP contribution >= 0.6 is 0 Å². The lowest BCUT2D eigenvalue weighted by Crippen LogP contribution is -2.22. The number of hydrogen-bond acceptors (Lipinski definition) is 2. The third-order valence-corrected chi connectivity index (χ3v) is 3.23. The molecular formula is C15H18N2O2. The minimum atomic E-state index is -0.198. The van der Waals surface area contributed by atoms with Crippen LogP contribution in [0.15, 0.2) is 36.4 Å². The van der Waals surface area contributed by atoms with E-state index in [0.29, 0.717) is 23.6 Å². The Bertz CT molecular complexity index is 509. The first-order valence-corrected chi connectivity index (χ1v) is 6.48. The van der Waals surface area contributed by atoms with Crippen molar-refractivity contribution in [2.45, 2.75) is 19.3 Å². The van der Waals surface area contributed by atoms with E-state index < -0.39 is 0 Å². The van der Waals surface area contributed by atoms with Crippen molar-refractivity contribution in [2.24, 2.45) is 5.92 Å². The Kier molecular flexibility index (Phi) is 4.34. The molecule has 1 atom stereocenters. The van der Waals surface area contributed by atoms with Gasteiger partial charge in [-0.1, -0.05) is 24.3 Å². The Labute approximate surface area is 112 Å². The van der Waals surface area contributed by atoms with Crippen LogP contribution in [0.4, 0.5) is 5.69 Å². The fourth-order valence-corrected chi connectivity index (χ4v) is 2.23. The molecule has 1 aromatic rings. The van der Waals surface area contributed by atoms with Gasteiger partial charge in [-0.3, -0.25) is 9.59 Å². The molecule has 0 spiro atoms. The Morgan fingerprint density at radius 1 is 1.32 bits per heavy atom. The minimum absolute atomic E-state index is 0.0482.